The molecule has 2 aromatic heterocycles. The van der Waals surface area contributed by atoms with E-state index in [1.165, 1.54) is 40.4 Å². The van der Waals surface area contributed by atoms with Gasteiger partial charge in [0.2, 0.25) is 0 Å². The Bertz CT molecular complexity index is 1950. The van der Waals surface area contributed by atoms with E-state index in [-0.39, 0.29) is 23.2 Å². The van der Waals surface area contributed by atoms with Crippen molar-refractivity contribution in [3.05, 3.63) is 132 Å². The van der Waals surface area contributed by atoms with E-state index < -0.39 is 10.0 Å². The van der Waals surface area contributed by atoms with E-state index in [0.29, 0.717) is 11.1 Å². The van der Waals surface area contributed by atoms with E-state index in [0.717, 1.165) is 33.0 Å². The molecule has 39 heavy (non-hydrogen) atoms. The lowest BCUT2D eigenvalue weighted by Gasteiger charge is -2.09. The normalized spacial score (nSPS) is 11.6. The van der Waals surface area contributed by atoms with Crippen LogP contribution in [0.4, 0.5) is 4.39 Å². The number of amides is 1. The molecule has 4 aromatic carbocycles. The van der Waals surface area contributed by atoms with Crippen LogP contribution in [0.25, 0.3) is 32.9 Å². The Balaban J connectivity index is 1.31. The largest absolute Gasteiger partial charge is 0.348 e. The number of benzene rings is 4. The fourth-order valence-electron chi connectivity index (χ4n) is 4.60. The summed E-state index contributed by atoms with van der Waals surface area (Å²) in [6.07, 6.45) is 3.38. The minimum atomic E-state index is -3.96. The Labute approximate surface area is 224 Å². The molecule has 2 heterocycles. The molecule has 8 heteroatoms. The van der Waals surface area contributed by atoms with E-state index in [4.69, 9.17) is 0 Å². The van der Waals surface area contributed by atoms with Crippen LogP contribution in [0.1, 0.15) is 15.9 Å². The zero-order chi connectivity index (χ0) is 27.0. The monoisotopic (exact) mass is 535 g/mol. The third-order valence-corrected chi connectivity index (χ3v) is 8.32. The number of nitrogens with zero attached hydrogens (tertiary/aromatic N) is 2. The molecule has 1 N–H and O–H groups in total. The molecular weight excluding hydrogens is 513 g/mol. The summed E-state index contributed by atoms with van der Waals surface area (Å²) < 4.78 is 41.9. The summed E-state index contributed by atoms with van der Waals surface area (Å²) in [5.41, 5.74) is 4.16. The number of pyridine rings is 1. The standard InChI is InChI=1S/C31H22FN3O3S/c32-25-12-7-21(8-13-25)19-34-31(36)22-9-14-26(15-10-22)39(37,38)35-20-28(27-5-1-2-6-30(27)35)23-11-16-29-24(18-23)4-3-17-33-29/h1-18,20H,19H2,(H,34,36). The van der Waals surface area contributed by atoms with Gasteiger partial charge in [0.15, 0.2) is 0 Å². The summed E-state index contributed by atoms with van der Waals surface area (Å²) in [6.45, 7) is 0.224. The van der Waals surface area contributed by atoms with Crippen molar-refractivity contribution in [3.8, 4) is 11.1 Å². The maximum Gasteiger partial charge on any atom is 0.268 e. The van der Waals surface area contributed by atoms with Gasteiger partial charge in [-0.05, 0) is 71.8 Å². The third-order valence-electron chi connectivity index (χ3n) is 6.63. The molecule has 0 saturated carbocycles. The van der Waals surface area contributed by atoms with Crippen molar-refractivity contribution in [2.45, 2.75) is 11.4 Å². The van der Waals surface area contributed by atoms with Crippen LogP contribution in [0, 0.1) is 5.82 Å². The Morgan fingerprint density at radius 1 is 0.872 bits per heavy atom. The first-order chi connectivity index (χ1) is 18.9. The number of nitrogens with one attached hydrogen (secondary N) is 1. The van der Waals surface area contributed by atoms with E-state index in [1.807, 2.05) is 42.5 Å². The first-order valence-corrected chi connectivity index (χ1v) is 13.7. The highest BCUT2D eigenvalue weighted by atomic mass is 32.2. The quantitative estimate of drug-likeness (QED) is 0.277. The van der Waals surface area contributed by atoms with E-state index in [9.17, 15) is 17.6 Å². The van der Waals surface area contributed by atoms with Gasteiger partial charge >= 0.3 is 0 Å². The number of hydrogen-bond donors (Lipinski definition) is 1. The number of hydrogen-bond acceptors (Lipinski definition) is 4. The maximum atomic E-state index is 13.7. The summed E-state index contributed by atoms with van der Waals surface area (Å²) in [6, 6.07) is 28.7. The summed E-state index contributed by atoms with van der Waals surface area (Å²) in [4.78, 5) is 17.0. The van der Waals surface area contributed by atoms with Gasteiger partial charge in [0.05, 0.1) is 15.9 Å². The SMILES string of the molecule is O=C(NCc1ccc(F)cc1)c1ccc(S(=O)(=O)n2cc(-c3ccc4ncccc4c3)c3ccccc32)cc1. The van der Waals surface area contributed by atoms with E-state index >= 15 is 0 Å². The Kier molecular flexibility index (Phi) is 6.17. The van der Waals surface area contributed by atoms with Crippen molar-refractivity contribution < 1.29 is 17.6 Å². The van der Waals surface area contributed by atoms with Crippen molar-refractivity contribution in [2.24, 2.45) is 0 Å². The predicted octanol–water partition coefficient (Wildman–Crippen LogP) is 6.16. The summed E-state index contributed by atoms with van der Waals surface area (Å²) in [5, 5.41) is 4.53. The fourth-order valence-corrected chi connectivity index (χ4v) is 5.97. The lowest BCUT2D eigenvalue weighted by molar-refractivity contribution is 0.0951. The molecule has 0 aliphatic heterocycles. The topological polar surface area (TPSA) is 81.1 Å². The predicted molar refractivity (Wildman–Crippen MR) is 149 cm³/mol. The molecular formula is C31H22FN3O3S. The molecule has 0 radical (unpaired) electrons. The second-order valence-electron chi connectivity index (χ2n) is 9.11. The zero-order valence-electron chi connectivity index (χ0n) is 20.6. The molecule has 1 amide bonds. The first-order valence-electron chi connectivity index (χ1n) is 12.2. The van der Waals surface area contributed by atoms with Crippen LogP contribution < -0.4 is 5.32 Å². The number of rotatable bonds is 6. The first kappa shape index (κ1) is 24.5. The lowest BCUT2D eigenvalue weighted by atomic mass is 10.0. The molecule has 0 aliphatic carbocycles. The van der Waals surface area contributed by atoms with Gasteiger partial charge in [-0.15, -0.1) is 0 Å². The molecule has 192 valence electrons. The van der Waals surface area contributed by atoms with Crippen LogP contribution in [0.2, 0.25) is 0 Å². The van der Waals surface area contributed by atoms with Crippen LogP contribution in [-0.2, 0) is 16.6 Å². The van der Waals surface area contributed by atoms with Crippen molar-refractivity contribution in [1.29, 1.82) is 0 Å². The highest BCUT2D eigenvalue weighted by Crippen LogP contribution is 2.34. The minimum absolute atomic E-state index is 0.0626. The number of carbonyl (C=O) groups is 1. The van der Waals surface area contributed by atoms with Gasteiger partial charge in [0, 0.05) is 40.8 Å². The van der Waals surface area contributed by atoms with Crippen LogP contribution in [-0.4, -0.2) is 23.3 Å². The van der Waals surface area contributed by atoms with Crippen molar-refractivity contribution in [2.75, 3.05) is 0 Å². The molecule has 0 saturated heterocycles. The zero-order valence-corrected chi connectivity index (χ0v) is 21.4. The smallest absolute Gasteiger partial charge is 0.268 e. The van der Waals surface area contributed by atoms with Gasteiger partial charge in [0.25, 0.3) is 15.9 Å². The number of para-hydroxylation sites is 1. The van der Waals surface area contributed by atoms with E-state index in [2.05, 4.69) is 10.3 Å². The molecule has 0 aliphatic rings. The summed E-state index contributed by atoms with van der Waals surface area (Å²) in [5.74, 6) is -0.707. The maximum absolute atomic E-state index is 13.7. The molecule has 0 atom stereocenters. The molecule has 0 unspecified atom stereocenters. The summed E-state index contributed by atoms with van der Waals surface area (Å²) in [7, 11) is -3.96. The highest BCUT2D eigenvalue weighted by molar-refractivity contribution is 7.90. The van der Waals surface area contributed by atoms with Crippen LogP contribution in [0.15, 0.2) is 120 Å². The summed E-state index contributed by atoms with van der Waals surface area (Å²) >= 11 is 0. The van der Waals surface area contributed by atoms with Crippen LogP contribution in [0.5, 0.6) is 0 Å². The second kappa shape index (κ2) is 9.81. The van der Waals surface area contributed by atoms with Crippen molar-refractivity contribution >= 4 is 37.7 Å². The van der Waals surface area contributed by atoms with Crippen LogP contribution >= 0.6 is 0 Å². The van der Waals surface area contributed by atoms with Crippen LogP contribution in [0.3, 0.4) is 0 Å². The van der Waals surface area contributed by atoms with Gasteiger partial charge in [-0.2, -0.15) is 0 Å². The number of carbonyl (C=O) groups excluding carboxylic acids is 1. The fraction of sp³-hybridized carbons (Fsp3) is 0.0323. The second-order valence-corrected chi connectivity index (χ2v) is 10.9. The lowest BCUT2D eigenvalue weighted by Crippen LogP contribution is -2.22. The Morgan fingerprint density at radius 3 is 2.44 bits per heavy atom. The average molecular weight is 536 g/mol. The molecule has 0 fully saturated rings. The number of halogens is 1. The van der Waals surface area contributed by atoms with Gasteiger partial charge in [-0.3, -0.25) is 9.78 Å². The molecule has 0 spiro atoms. The minimum Gasteiger partial charge on any atom is -0.348 e. The van der Waals surface area contributed by atoms with Crippen molar-refractivity contribution in [3.63, 3.8) is 0 Å². The van der Waals surface area contributed by atoms with Crippen molar-refractivity contribution in [1.82, 2.24) is 14.3 Å². The van der Waals surface area contributed by atoms with Gasteiger partial charge in [-0.25, -0.2) is 16.8 Å². The average Bonchev–Trinajstić information content (AvgIpc) is 3.37. The molecule has 6 nitrogen and oxygen atoms in total. The molecule has 0 bridgehead atoms. The Morgan fingerprint density at radius 2 is 1.64 bits per heavy atom. The molecule has 6 rings (SSSR count). The van der Waals surface area contributed by atoms with E-state index in [1.54, 1.807) is 36.7 Å². The highest BCUT2D eigenvalue weighted by Gasteiger charge is 2.22. The molecule has 6 aromatic rings. The van der Waals surface area contributed by atoms with Gasteiger partial charge < -0.3 is 5.32 Å². The number of aromatic nitrogens is 2. The Hall–Kier alpha value is -4.82. The van der Waals surface area contributed by atoms with Gasteiger partial charge in [0.1, 0.15) is 5.82 Å². The number of fused-ring (bicyclic) bond motifs is 2. The third kappa shape index (κ3) is 4.66. The van der Waals surface area contributed by atoms with Gasteiger partial charge in [-0.1, -0.05) is 42.5 Å².